The highest BCUT2D eigenvalue weighted by molar-refractivity contribution is 5.73. The summed E-state index contributed by atoms with van der Waals surface area (Å²) in [7, 11) is 1.48. The molecule has 3 heterocycles. The maximum Gasteiger partial charge on any atom is 0.332 e. The van der Waals surface area contributed by atoms with E-state index < -0.39 is 5.95 Å². The first-order valence-corrected chi connectivity index (χ1v) is 9.72. The minimum Gasteiger partial charge on any atom is -0.276 e. The third-order valence-corrected chi connectivity index (χ3v) is 4.91. The molecule has 4 aromatic rings. The topological polar surface area (TPSA) is 74.7 Å². The molecule has 0 aliphatic rings. The van der Waals surface area contributed by atoms with Crippen LogP contribution in [0.25, 0.3) is 22.3 Å². The van der Waals surface area contributed by atoms with Gasteiger partial charge < -0.3 is 0 Å². The van der Waals surface area contributed by atoms with E-state index in [4.69, 9.17) is 0 Å². The van der Waals surface area contributed by atoms with Gasteiger partial charge in [-0.1, -0.05) is 44.2 Å². The fourth-order valence-electron chi connectivity index (χ4n) is 3.45. The molecule has 30 heavy (non-hydrogen) atoms. The average molecular weight is 407 g/mol. The van der Waals surface area contributed by atoms with Crippen LogP contribution in [0.2, 0.25) is 0 Å². The number of rotatable bonds is 5. The summed E-state index contributed by atoms with van der Waals surface area (Å²) in [5.41, 5.74) is 2.01. The third kappa shape index (κ3) is 3.68. The quantitative estimate of drug-likeness (QED) is 0.477. The smallest absolute Gasteiger partial charge is 0.276 e. The van der Waals surface area contributed by atoms with Gasteiger partial charge in [-0.2, -0.15) is 9.49 Å². The molecule has 0 spiro atoms. The molecule has 154 valence electrons. The van der Waals surface area contributed by atoms with Crippen LogP contribution in [0, 0.1) is 11.9 Å². The van der Waals surface area contributed by atoms with Crippen LogP contribution in [0.3, 0.4) is 0 Å². The Morgan fingerprint density at radius 1 is 1.07 bits per heavy atom. The molecule has 0 aliphatic carbocycles. The highest BCUT2D eigenvalue weighted by atomic mass is 19.1. The Hall–Kier alpha value is -3.55. The Bertz CT molecular complexity index is 1330. The number of halogens is 1. The zero-order valence-corrected chi connectivity index (χ0v) is 17.0. The Morgan fingerprint density at radius 3 is 2.47 bits per heavy atom. The minimum atomic E-state index is -0.520. The lowest BCUT2D eigenvalue weighted by atomic mass is 10.1. The molecule has 0 unspecified atom stereocenters. The van der Waals surface area contributed by atoms with E-state index in [2.05, 4.69) is 10.1 Å². The van der Waals surface area contributed by atoms with Crippen LogP contribution in [0.4, 0.5) is 4.39 Å². The van der Waals surface area contributed by atoms with E-state index in [1.807, 2.05) is 38.1 Å². The van der Waals surface area contributed by atoms with Crippen molar-refractivity contribution < 1.29 is 4.39 Å². The molecule has 0 bridgehead atoms. The predicted octanol–water partition coefficient (Wildman–Crippen LogP) is 2.80. The van der Waals surface area contributed by atoms with Gasteiger partial charge in [-0.15, -0.1) is 0 Å². The summed E-state index contributed by atoms with van der Waals surface area (Å²) in [4.78, 5) is 29.0. The fourth-order valence-corrected chi connectivity index (χ4v) is 3.45. The Kier molecular flexibility index (Phi) is 5.07. The molecule has 4 rings (SSSR count). The number of hydrogen-bond donors (Lipinski definition) is 0. The van der Waals surface area contributed by atoms with Gasteiger partial charge in [0.15, 0.2) is 5.65 Å². The lowest BCUT2D eigenvalue weighted by molar-refractivity contribution is 0.498. The largest absolute Gasteiger partial charge is 0.332 e. The number of pyridine rings is 1. The zero-order valence-electron chi connectivity index (χ0n) is 17.0. The van der Waals surface area contributed by atoms with E-state index in [9.17, 15) is 14.0 Å². The van der Waals surface area contributed by atoms with Crippen LogP contribution in [0.15, 0.2) is 58.3 Å². The number of nitrogens with zero attached hydrogens (tertiary/aromatic N) is 5. The lowest BCUT2D eigenvalue weighted by Crippen LogP contribution is -2.38. The summed E-state index contributed by atoms with van der Waals surface area (Å²) < 4.78 is 17.7. The van der Waals surface area contributed by atoms with Gasteiger partial charge >= 0.3 is 5.69 Å². The van der Waals surface area contributed by atoms with E-state index >= 15 is 0 Å². The first kappa shape index (κ1) is 19.8. The molecular formula is C22H22FN5O2. The van der Waals surface area contributed by atoms with Crippen molar-refractivity contribution in [1.82, 2.24) is 23.9 Å². The number of fused-ring (bicyclic) bond motifs is 1. The van der Waals surface area contributed by atoms with Crippen molar-refractivity contribution in [3.8, 4) is 11.3 Å². The molecule has 3 aromatic heterocycles. The van der Waals surface area contributed by atoms with Crippen LogP contribution in [0.1, 0.15) is 19.4 Å². The number of hydrogen-bond acceptors (Lipinski definition) is 4. The van der Waals surface area contributed by atoms with Crippen molar-refractivity contribution in [2.24, 2.45) is 13.0 Å². The highest BCUT2D eigenvalue weighted by Crippen LogP contribution is 2.18. The van der Waals surface area contributed by atoms with Crippen LogP contribution in [0.5, 0.6) is 0 Å². The summed E-state index contributed by atoms with van der Waals surface area (Å²) in [6.07, 6.45) is 1.68. The van der Waals surface area contributed by atoms with Crippen molar-refractivity contribution in [2.45, 2.75) is 26.9 Å². The van der Waals surface area contributed by atoms with Gasteiger partial charge in [0.1, 0.15) is 5.39 Å². The molecule has 0 radical (unpaired) electrons. The second-order valence-electron chi connectivity index (χ2n) is 7.76. The summed E-state index contributed by atoms with van der Waals surface area (Å²) in [6, 6.07) is 12.2. The standard InChI is InChI=1S/C22H22FN5O2/c1-14(2)11-28-20-17(21(29)26(3)22(28)30)13-27(25-20)12-15-7-9-16(10-8-15)18-5-4-6-19(23)24-18/h4-10,13-14H,11-12H2,1-3H3. The van der Waals surface area contributed by atoms with Gasteiger partial charge in [-0.3, -0.25) is 18.6 Å². The van der Waals surface area contributed by atoms with E-state index in [1.165, 1.54) is 13.1 Å². The van der Waals surface area contributed by atoms with Gasteiger partial charge in [0, 0.05) is 25.4 Å². The average Bonchev–Trinajstić information content (AvgIpc) is 3.14. The van der Waals surface area contributed by atoms with Gasteiger partial charge in [0.2, 0.25) is 5.95 Å². The lowest BCUT2D eigenvalue weighted by Gasteiger charge is -2.10. The summed E-state index contributed by atoms with van der Waals surface area (Å²) in [5.74, 6) is -0.286. The Morgan fingerprint density at radius 2 is 1.80 bits per heavy atom. The van der Waals surface area contributed by atoms with Crippen molar-refractivity contribution in [1.29, 1.82) is 0 Å². The SMILES string of the molecule is CC(C)Cn1c(=O)n(C)c(=O)c2cn(Cc3ccc(-c4cccc(F)n4)cc3)nc21. The zero-order chi connectivity index (χ0) is 21.4. The molecule has 0 atom stereocenters. The third-order valence-electron chi connectivity index (χ3n) is 4.91. The van der Waals surface area contributed by atoms with E-state index in [1.54, 1.807) is 27.6 Å². The van der Waals surface area contributed by atoms with Crippen LogP contribution in [-0.4, -0.2) is 23.9 Å². The van der Waals surface area contributed by atoms with Gasteiger partial charge in [0.25, 0.3) is 5.56 Å². The van der Waals surface area contributed by atoms with E-state index in [-0.39, 0.29) is 17.2 Å². The van der Waals surface area contributed by atoms with Crippen molar-refractivity contribution in [2.75, 3.05) is 0 Å². The molecule has 1 aromatic carbocycles. The molecular weight excluding hydrogens is 385 g/mol. The monoisotopic (exact) mass is 407 g/mol. The van der Waals surface area contributed by atoms with Crippen LogP contribution < -0.4 is 11.2 Å². The second-order valence-corrected chi connectivity index (χ2v) is 7.76. The Balaban J connectivity index is 1.68. The maximum absolute atomic E-state index is 13.3. The molecule has 0 amide bonds. The fraction of sp³-hybridized carbons (Fsp3) is 0.273. The van der Waals surface area contributed by atoms with Crippen LogP contribution >= 0.6 is 0 Å². The van der Waals surface area contributed by atoms with E-state index in [0.717, 1.165) is 15.7 Å². The van der Waals surface area contributed by atoms with Crippen molar-refractivity contribution in [3.63, 3.8) is 0 Å². The normalized spacial score (nSPS) is 11.5. The summed E-state index contributed by atoms with van der Waals surface area (Å²) in [5, 5.41) is 4.94. The van der Waals surface area contributed by atoms with Crippen molar-refractivity contribution >= 4 is 11.0 Å². The van der Waals surface area contributed by atoms with Crippen LogP contribution in [-0.2, 0) is 20.1 Å². The summed E-state index contributed by atoms with van der Waals surface area (Å²) >= 11 is 0. The first-order valence-electron chi connectivity index (χ1n) is 9.72. The van der Waals surface area contributed by atoms with E-state index in [0.29, 0.717) is 29.8 Å². The van der Waals surface area contributed by atoms with Gasteiger partial charge in [-0.25, -0.2) is 9.78 Å². The maximum atomic E-state index is 13.3. The Labute approximate surface area is 172 Å². The second kappa shape index (κ2) is 7.70. The minimum absolute atomic E-state index is 0.234. The number of benzene rings is 1. The predicted molar refractivity (Wildman–Crippen MR) is 113 cm³/mol. The molecule has 0 aliphatic heterocycles. The molecule has 0 N–H and O–H groups in total. The summed E-state index contributed by atoms with van der Waals surface area (Å²) in [6.45, 7) is 4.94. The molecule has 8 heteroatoms. The molecule has 0 saturated carbocycles. The molecule has 7 nitrogen and oxygen atoms in total. The van der Waals surface area contributed by atoms with Gasteiger partial charge in [0.05, 0.1) is 12.2 Å². The molecule has 0 saturated heterocycles. The molecule has 0 fully saturated rings. The first-order chi connectivity index (χ1) is 14.3. The highest BCUT2D eigenvalue weighted by Gasteiger charge is 2.15. The van der Waals surface area contributed by atoms with Crippen molar-refractivity contribution in [3.05, 3.63) is 81.0 Å². The number of aromatic nitrogens is 5. The van der Waals surface area contributed by atoms with Gasteiger partial charge in [-0.05, 0) is 23.6 Å².